The van der Waals surface area contributed by atoms with Crippen molar-refractivity contribution in [2.45, 2.75) is 56.7 Å². The topological polar surface area (TPSA) is 113 Å². The van der Waals surface area contributed by atoms with E-state index in [1.54, 1.807) is 58.9 Å². The SMILES string of the molecule is CN1C(=O)N(C[C@@H](NS(=O)(=O)c2ccc(-c3ccc(Cl)cc3)cc2)C(=O)OC(C)(C)C)C(=O)C1(C)C. The number of amides is 3. The molecule has 3 rings (SSSR count). The van der Waals surface area contributed by atoms with Crippen molar-refractivity contribution >= 4 is 39.5 Å². The van der Waals surface area contributed by atoms with E-state index in [0.29, 0.717) is 5.02 Å². The second kappa shape index (κ2) is 9.84. The molecule has 1 N–H and O–H groups in total. The maximum absolute atomic E-state index is 13.2. The zero-order valence-corrected chi connectivity index (χ0v) is 22.6. The van der Waals surface area contributed by atoms with Crippen LogP contribution in [0, 0.1) is 0 Å². The number of urea groups is 1. The summed E-state index contributed by atoms with van der Waals surface area (Å²) < 4.78 is 34.1. The number of hydrogen-bond donors (Lipinski definition) is 1. The van der Waals surface area contributed by atoms with E-state index in [1.807, 2.05) is 12.1 Å². The van der Waals surface area contributed by atoms with Gasteiger partial charge in [0.25, 0.3) is 5.91 Å². The van der Waals surface area contributed by atoms with Crippen LogP contribution < -0.4 is 4.72 Å². The third-order valence-electron chi connectivity index (χ3n) is 5.82. The van der Waals surface area contributed by atoms with Crippen molar-refractivity contribution in [2.75, 3.05) is 13.6 Å². The molecule has 0 saturated carbocycles. The standard InChI is InChI=1S/C25H30ClN3O6S/c1-24(2,3)35-21(30)20(15-29-22(31)25(4,5)28(6)23(29)32)27-36(33,34)19-13-9-17(10-14-19)16-7-11-18(26)12-8-16/h7-14,20,27H,15H2,1-6H3/t20-/m1/s1. The van der Waals surface area contributed by atoms with Gasteiger partial charge >= 0.3 is 12.0 Å². The highest BCUT2D eigenvalue weighted by Gasteiger charge is 2.50. The summed E-state index contributed by atoms with van der Waals surface area (Å²) in [6.45, 7) is 7.53. The molecular formula is C25H30ClN3O6S. The Labute approximate surface area is 216 Å². The summed E-state index contributed by atoms with van der Waals surface area (Å²) >= 11 is 5.93. The molecule has 0 unspecified atom stereocenters. The van der Waals surface area contributed by atoms with E-state index in [9.17, 15) is 22.8 Å². The molecule has 1 aliphatic rings. The van der Waals surface area contributed by atoms with Gasteiger partial charge in [-0.2, -0.15) is 4.72 Å². The molecule has 2 aromatic rings. The van der Waals surface area contributed by atoms with Crippen molar-refractivity contribution in [2.24, 2.45) is 0 Å². The van der Waals surface area contributed by atoms with Gasteiger partial charge in [-0.3, -0.25) is 14.5 Å². The molecule has 0 bridgehead atoms. The number of hydrogen-bond acceptors (Lipinski definition) is 6. The Kier molecular flexibility index (Phi) is 7.55. The minimum Gasteiger partial charge on any atom is -0.459 e. The number of carbonyl (C=O) groups is 3. The van der Waals surface area contributed by atoms with Crippen LogP contribution in [0.3, 0.4) is 0 Å². The summed E-state index contributed by atoms with van der Waals surface area (Å²) in [6, 6.07) is 11.0. The van der Waals surface area contributed by atoms with Crippen molar-refractivity contribution in [3.8, 4) is 11.1 Å². The van der Waals surface area contributed by atoms with E-state index in [4.69, 9.17) is 16.3 Å². The highest BCUT2D eigenvalue weighted by molar-refractivity contribution is 7.89. The molecule has 36 heavy (non-hydrogen) atoms. The van der Waals surface area contributed by atoms with Gasteiger partial charge in [-0.1, -0.05) is 35.9 Å². The molecule has 9 nitrogen and oxygen atoms in total. The van der Waals surface area contributed by atoms with Crippen LogP contribution in [0.25, 0.3) is 11.1 Å². The number of sulfonamides is 1. The molecule has 1 saturated heterocycles. The van der Waals surface area contributed by atoms with Gasteiger partial charge in [0.15, 0.2) is 0 Å². The number of rotatable bonds is 7. The van der Waals surface area contributed by atoms with Crippen LogP contribution in [0.2, 0.25) is 5.02 Å². The molecule has 0 aromatic heterocycles. The van der Waals surface area contributed by atoms with Gasteiger partial charge < -0.3 is 9.64 Å². The molecule has 1 fully saturated rings. The van der Waals surface area contributed by atoms with Gasteiger partial charge in [0.2, 0.25) is 10.0 Å². The van der Waals surface area contributed by atoms with Crippen LogP contribution in [-0.2, 0) is 24.3 Å². The van der Waals surface area contributed by atoms with E-state index >= 15 is 0 Å². The van der Waals surface area contributed by atoms with Gasteiger partial charge in [0, 0.05) is 12.1 Å². The molecule has 194 valence electrons. The fourth-order valence-corrected chi connectivity index (χ4v) is 4.88. The minimum atomic E-state index is -4.22. The Balaban J connectivity index is 1.88. The summed E-state index contributed by atoms with van der Waals surface area (Å²) in [5.41, 5.74) is -0.434. The predicted octanol–water partition coefficient (Wildman–Crippen LogP) is 3.67. The second-order valence-corrected chi connectivity index (χ2v) is 12.2. The number of nitrogens with one attached hydrogen (secondary N) is 1. The predicted molar refractivity (Wildman–Crippen MR) is 136 cm³/mol. The van der Waals surface area contributed by atoms with Gasteiger partial charge in [0.1, 0.15) is 17.2 Å². The lowest BCUT2D eigenvalue weighted by Gasteiger charge is -2.26. The number of imide groups is 1. The Hall–Kier alpha value is -2.95. The van der Waals surface area contributed by atoms with E-state index in [2.05, 4.69) is 4.72 Å². The van der Waals surface area contributed by atoms with Crippen LogP contribution in [-0.4, -0.2) is 66.9 Å². The van der Waals surface area contributed by atoms with E-state index in [0.717, 1.165) is 16.0 Å². The summed E-state index contributed by atoms with van der Waals surface area (Å²) in [7, 11) is -2.75. The number of benzene rings is 2. The van der Waals surface area contributed by atoms with Crippen LogP contribution in [0.15, 0.2) is 53.4 Å². The summed E-state index contributed by atoms with van der Waals surface area (Å²) in [5, 5.41) is 0.583. The fourth-order valence-electron chi connectivity index (χ4n) is 3.58. The van der Waals surface area contributed by atoms with E-state index in [1.165, 1.54) is 24.1 Å². The summed E-state index contributed by atoms with van der Waals surface area (Å²) in [6.07, 6.45) is 0. The number of halogens is 1. The average Bonchev–Trinajstić information content (AvgIpc) is 2.92. The van der Waals surface area contributed by atoms with Crippen LogP contribution >= 0.6 is 11.6 Å². The van der Waals surface area contributed by atoms with Crippen molar-refractivity contribution < 1.29 is 27.5 Å². The number of ether oxygens (including phenoxy) is 1. The smallest absolute Gasteiger partial charge is 0.327 e. The highest BCUT2D eigenvalue weighted by atomic mass is 35.5. The first-order valence-electron chi connectivity index (χ1n) is 11.2. The third-order valence-corrected chi connectivity index (χ3v) is 7.56. The molecule has 1 atom stereocenters. The Morgan fingerprint density at radius 2 is 1.53 bits per heavy atom. The van der Waals surface area contributed by atoms with Crippen LogP contribution in [0.4, 0.5) is 4.79 Å². The molecule has 0 spiro atoms. The number of nitrogens with zero attached hydrogens (tertiary/aromatic N) is 2. The Bertz CT molecular complexity index is 1270. The third kappa shape index (κ3) is 5.88. The number of likely N-dealkylation sites (N-methyl/N-ethyl adjacent to an activating group) is 1. The maximum atomic E-state index is 13.2. The molecule has 11 heteroatoms. The largest absolute Gasteiger partial charge is 0.459 e. The van der Waals surface area contributed by atoms with Crippen molar-refractivity contribution in [1.82, 2.24) is 14.5 Å². The quantitative estimate of drug-likeness (QED) is 0.427. The maximum Gasteiger partial charge on any atom is 0.327 e. The van der Waals surface area contributed by atoms with Crippen LogP contribution in [0.1, 0.15) is 34.6 Å². The zero-order chi connectivity index (χ0) is 27.1. The van der Waals surface area contributed by atoms with E-state index in [-0.39, 0.29) is 4.90 Å². The Morgan fingerprint density at radius 1 is 1.03 bits per heavy atom. The van der Waals surface area contributed by atoms with Crippen molar-refractivity contribution in [3.05, 3.63) is 53.6 Å². The van der Waals surface area contributed by atoms with Crippen molar-refractivity contribution in [3.63, 3.8) is 0 Å². The first kappa shape index (κ1) is 27.6. The normalized spacial score (nSPS) is 16.9. The van der Waals surface area contributed by atoms with Crippen LogP contribution in [0.5, 0.6) is 0 Å². The van der Waals surface area contributed by atoms with Crippen molar-refractivity contribution in [1.29, 1.82) is 0 Å². The van der Waals surface area contributed by atoms with Gasteiger partial charge in [-0.05, 0) is 70.0 Å². The fraction of sp³-hybridized carbons (Fsp3) is 0.400. The Morgan fingerprint density at radius 3 is 1.97 bits per heavy atom. The first-order chi connectivity index (χ1) is 16.5. The summed E-state index contributed by atoms with van der Waals surface area (Å²) in [4.78, 5) is 40.5. The highest BCUT2D eigenvalue weighted by Crippen LogP contribution is 2.27. The van der Waals surface area contributed by atoms with Gasteiger partial charge in [0.05, 0.1) is 11.4 Å². The van der Waals surface area contributed by atoms with Gasteiger partial charge in [-0.15, -0.1) is 0 Å². The second-order valence-electron chi connectivity index (χ2n) is 10.1. The monoisotopic (exact) mass is 535 g/mol. The van der Waals surface area contributed by atoms with Gasteiger partial charge in [-0.25, -0.2) is 13.2 Å². The summed E-state index contributed by atoms with van der Waals surface area (Å²) in [5.74, 6) is -1.45. The average molecular weight is 536 g/mol. The molecular weight excluding hydrogens is 506 g/mol. The first-order valence-corrected chi connectivity index (χ1v) is 13.1. The lowest BCUT2D eigenvalue weighted by atomic mass is 10.1. The molecule has 1 aliphatic heterocycles. The number of esters is 1. The van der Waals surface area contributed by atoms with E-state index < -0.39 is 51.7 Å². The zero-order valence-electron chi connectivity index (χ0n) is 21.0. The number of carbonyl (C=O) groups excluding carboxylic acids is 3. The molecule has 3 amide bonds. The molecule has 0 radical (unpaired) electrons. The lowest BCUT2D eigenvalue weighted by Crippen LogP contribution is -2.52. The minimum absolute atomic E-state index is 0.0923. The molecule has 2 aromatic carbocycles. The molecule has 0 aliphatic carbocycles. The lowest BCUT2D eigenvalue weighted by molar-refractivity contribution is -0.157. The molecule has 1 heterocycles.